The van der Waals surface area contributed by atoms with Crippen molar-refractivity contribution in [2.45, 2.75) is 19.4 Å². The summed E-state index contributed by atoms with van der Waals surface area (Å²) in [6.45, 7) is 4.38. The number of carbonyl (C=O) groups excluding carboxylic acids is 1. The van der Waals surface area contributed by atoms with Crippen molar-refractivity contribution < 1.29 is 4.79 Å². The predicted molar refractivity (Wildman–Crippen MR) is 92.0 cm³/mol. The molecule has 23 heavy (non-hydrogen) atoms. The molecule has 0 saturated carbocycles. The molecular formula is C16H21ClN4O2. The van der Waals surface area contributed by atoms with Crippen LogP contribution in [0.25, 0.3) is 10.8 Å². The first-order chi connectivity index (χ1) is 10.6. The van der Waals surface area contributed by atoms with E-state index in [1.807, 2.05) is 30.0 Å². The van der Waals surface area contributed by atoms with Gasteiger partial charge in [-0.3, -0.25) is 9.59 Å². The Kier molecular flexibility index (Phi) is 5.38. The van der Waals surface area contributed by atoms with Gasteiger partial charge in [-0.25, -0.2) is 4.68 Å². The van der Waals surface area contributed by atoms with Gasteiger partial charge in [-0.1, -0.05) is 18.2 Å². The van der Waals surface area contributed by atoms with Crippen LogP contribution in [-0.4, -0.2) is 46.3 Å². The maximum absolute atomic E-state index is 12.6. The smallest absolute Gasteiger partial charge is 0.274 e. The van der Waals surface area contributed by atoms with Crippen molar-refractivity contribution in [3.05, 3.63) is 40.3 Å². The van der Waals surface area contributed by atoms with Gasteiger partial charge in [-0.05, 0) is 13.0 Å². The molecule has 1 aliphatic heterocycles. The van der Waals surface area contributed by atoms with Crippen LogP contribution in [0, 0.1) is 0 Å². The molecule has 1 aromatic carbocycles. The molecule has 0 aliphatic carbocycles. The van der Waals surface area contributed by atoms with E-state index in [0.717, 1.165) is 18.5 Å². The van der Waals surface area contributed by atoms with Crippen molar-refractivity contribution in [1.29, 1.82) is 0 Å². The molecular weight excluding hydrogens is 316 g/mol. The molecule has 1 saturated heterocycles. The highest BCUT2D eigenvalue weighted by atomic mass is 35.5. The number of hydrogen-bond donors (Lipinski definition) is 1. The average molecular weight is 337 g/mol. The monoisotopic (exact) mass is 336 g/mol. The molecule has 0 radical (unpaired) electrons. The first-order valence-corrected chi connectivity index (χ1v) is 7.53. The molecule has 2 heterocycles. The van der Waals surface area contributed by atoms with Crippen molar-refractivity contribution in [1.82, 2.24) is 20.0 Å². The zero-order valence-electron chi connectivity index (χ0n) is 13.3. The Morgan fingerprint density at radius 1 is 1.35 bits per heavy atom. The van der Waals surface area contributed by atoms with E-state index < -0.39 is 0 Å². The first-order valence-electron chi connectivity index (χ1n) is 7.53. The lowest BCUT2D eigenvalue weighted by Gasteiger charge is -2.34. The van der Waals surface area contributed by atoms with Crippen LogP contribution in [0.5, 0.6) is 0 Å². The van der Waals surface area contributed by atoms with Crippen LogP contribution in [0.4, 0.5) is 0 Å². The standard InChI is InChI=1S/C16H20N4O2.ClH/c1-11-10-17-7-8-20(11)15(21)9-14-12-5-3-4-6-13(12)16(22)19(2)18-14;/h3-6,11,17H,7-10H2,1-2H3;1H/t11-;/m0./s1. The summed E-state index contributed by atoms with van der Waals surface area (Å²) in [6.07, 6.45) is 0.221. The van der Waals surface area contributed by atoms with Crippen molar-refractivity contribution >= 4 is 29.1 Å². The van der Waals surface area contributed by atoms with Gasteiger partial charge in [0.15, 0.2) is 0 Å². The number of rotatable bonds is 2. The maximum Gasteiger partial charge on any atom is 0.274 e. The molecule has 1 atom stereocenters. The largest absolute Gasteiger partial charge is 0.337 e. The molecule has 1 aliphatic rings. The summed E-state index contributed by atoms with van der Waals surface area (Å²) in [6, 6.07) is 7.51. The van der Waals surface area contributed by atoms with Gasteiger partial charge < -0.3 is 10.2 Å². The number of nitrogens with one attached hydrogen (secondary N) is 1. The number of nitrogens with zero attached hydrogens (tertiary/aromatic N) is 3. The molecule has 1 amide bonds. The third kappa shape index (κ3) is 3.38. The Labute approximate surface area is 140 Å². The number of fused-ring (bicyclic) bond motifs is 1. The second kappa shape index (κ2) is 7.10. The third-order valence-corrected chi connectivity index (χ3v) is 4.17. The van der Waals surface area contributed by atoms with Gasteiger partial charge in [0, 0.05) is 38.1 Å². The Morgan fingerprint density at radius 3 is 2.74 bits per heavy atom. The van der Waals surface area contributed by atoms with E-state index in [1.54, 1.807) is 13.1 Å². The van der Waals surface area contributed by atoms with Crippen LogP contribution in [0.15, 0.2) is 29.1 Å². The van der Waals surface area contributed by atoms with E-state index in [2.05, 4.69) is 10.4 Å². The van der Waals surface area contributed by atoms with Gasteiger partial charge in [0.25, 0.3) is 5.56 Å². The van der Waals surface area contributed by atoms with Crippen molar-refractivity contribution in [3.8, 4) is 0 Å². The Bertz CT molecular complexity index is 774. The summed E-state index contributed by atoms with van der Waals surface area (Å²) in [4.78, 5) is 26.6. The van der Waals surface area contributed by atoms with Crippen molar-refractivity contribution in [2.24, 2.45) is 7.05 Å². The molecule has 1 fully saturated rings. The van der Waals surface area contributed by atoms with Gasteiger partial charge >= 0.3 is 0 Å². The number of halogens is 1. The van der Waals surface area contributed by atoms with Crippen LogP contribution in [0.3, 0.4) is 0 Å². The van der Waals surface area contributed by atoms with Gasteiger partial charge in [0.1, 0.15) is 0 Å². The van der Waals surface area contributed by atoms with Gasteiger partial charge in [-0.2, -0.15) is 5.10 Å². The Hall–Kier alpha value is -1.92. The first kappa shape index (κ1) is 17.4. The van der Waals surface area contributed by atoms with E-state index >= 15 is 0 Å². The Balaban J connectivity index is 0.00000192. The molecule has 1 N–H and O–H groups in total. The third-order valence-electron chi connectivity index (χ3n) is 4.17. The summed E-state index contributed by atoms with van der Waals surface area (Å²) < 4.78 is 1.31. The van der Waals surface area contributed by atoms with Gasteiger partial charge in [0.05, 0.1) is 17.5 Å². The summed E-state index contributed by atoms with van der Waals surface area (Å²) in [7, 11) is 1.62. The van der Waals surface area contributed by atoms with E-state index in [1.165, 1.54) is 4.68 Å². The maximum atomic E-state index is 12.6. The second-order valence-electron chi connectivity index (χ2n) is 5.74. The molecule has 1 aromatic heterocycles. The normalized spacial score (nSPS) is 17.8. The molecule has 0 spiro atoms. The van der Waals surface area contributed by atoms with E-state index in [0.29, 0.717) is 17.6 Å². The van der Waals surface area contributed by atoms with Crippen LogP contribution in [-0.2, 0) is 18.3 Å². The highest BCUT2D eigenvalue weighted by molar-refractivity contribution is 5.88. The molecule has 0 bridgehead atoms. The minimum absolute atomic E-state index is 0. The molecule has 3 rings (SSSR count). The minimum Gasteiger partial charge on any atom is -0.337 e. The van der Waals surface area contributed by atoms with Crippen LogP contribution in [0.2, 0.25) is 0 Å². The van der Waals surface area contributed by atoms with Crippen molar-refractivity contribution in [3.63, 3.8) is 0 Å². The second-order valence-corrected chi connectivity index (χ2v) is 5.74. The number of aryl methyl sites for hydroxylation is 1. The number of amides is 1. The van der Waals surface area contributed by atoms with Crippen LogP contribution in [0.1, 0.15) is 12.6 Å². The molecule has 6 nitrogen and oxygen atoms in total. The molecule has 124 valence electrons. The van der Waals surface area contributed by atoms with E-state index in [9.17, 15) is 9.59 Å². The average Bonchev–Trinajstić information content (AvgIpc) is 2.52. The summed E-state index contributed by atoms with van der Waals surface area (Å²) in [5.41, 5.74) is 0.524. The fourth-order valence-electron chi connectivity index (χ4n) is 2.96. The zero-order chi connectivity index (χ0) is 15.7. The molecule has 2 aromatic rings. The Morgan fingerprint density at radius 2 is 2.04 bits per heavy atom. The number of piperazine rings is 1. The highest BCUT2D eigenvalue weighted by Crippen LogP contribution is 2.15. The quantitative estimate of drug-likeness (QED) is 0.877. The van der Waals surface area contributed by atoms with Crippen molar-refractivity contribution in [2.75, 3.05) is 19.6 Å². The number of carbonyl (C=O) groups is 1. The van der Waals surface area contributed by atoms with E-state index in [-0.39, 0.29) is 36.3 Å². The lowest BCUT2D eigenvalue weighted by Crippen LogP contribution is -2.52. The molecule has 7 heteroatoms. The summed E-state index contributed by atoms with van der Waals surface area (Å²) in [5.74, 6) is 0.0605. The summed E-state index contributed by atoms with van der Waals surface area (Å²) in [5, 5.41) is 8.95. The van der Waals surface area contributed by atoms with Gasteiger partial charge in [0.2, 0.25) is 5.91 Å². The number of aromatic nitrogens is 2. The summed E-state index contributed by atoms with van der Waals surface area (Å²) >= 11 is 0. The fraction of sp³-hybridized carbons (Fsp3) is 0.438. The minimum atomic E-state index is -0.137. The lowest BCUT2D eigenvalue weighted by atomic mass is 10.1. The highest BCUT2D eigenvalue weighted by Gasteiger charge is 2.24. The predicted octanol–water partition coefficient (Wildman–Crippen LogP) is 0.718. The molecule has 0 unspecified atom stereocenters. The fourth-order valence-corrected chi connectivity index (χ4v) is 2.96. The van der Waals surface area contributed by atoms with E-state index in [4.69, 9.17) is 0 Å². The zero-order valence-corrected chi connectivity index (χ0v) is 14.1. The number of benzene rings is 1. The SMILES string of the molecule is C[C@H]1CNCCN1C(=O)Cc1nn(C)c(=O)c2ccccc12.Cl. The van der Waals surface area contributed by atoms with Gasteiger partial charge in [-0.15, -0.1) is 12.4 Å². The van der Waals surface area contributed by atoms with Crippen LogP contribution >= 0.6 is 12.4 Å². The number of hydrogen-bond acceptors (Lipinski definition) is 4. The van der Waals surface area contributed by atoms with Crippen LogP contribution < -0.4 is 10.9 Å². The lowest BCUT2D eigenvalue weighted by molar-refractivity contribution is -0.133. The topological polar surface area (TPSA) is 67.2 Å².